The van der Waals surface area contributed by atoms with Crippen LogP contribution in [0, 0.1) is 40.9 Å². The van der Waals surface area contributed by atoms with Crippen LogP contribution in [0.5, 0.6) is 0 Å². The standard InChI is InChI=1S/C25H35.2ClH.Zr/c1-14-15(2)17(4)24(7)18(5)19(6)25(8)21-12-10-9-11-20(21)13-22(25)23(24)16(14)3;;;/h9-12,14-15,17-19H,13H2,1-8H3;2*1H;/q-1;;;+3/p-2. The molecular weight excluding hydrogens is 462 g/mol. The minimum atomic E-state index is 0. The summed E-state index contributed by atoms with van der Waals surface area (Å²) < 4.78 is 0. The van der Waals surface area contributed by atoms with Crippen molar-refractivity contribution in [2.45, 2.75) is 67.2 Å². The van der Waals surface area contributed by atoms with Gasteiger partial charge in [0, 0.05) is 0 Å². The fourth-order valence-electron chi connectivity index (χ4n) is 7.06. The van der Waals surface area contributed by atoms with Gasteiger partial charge in [0.2, 0.25) is 0 Å². The van der Waals surface area contributed by atoms with E-state index in [1.807, 2.05) is 0 Å². The Labute approximate surface area is 204 Å². The van der Waals surface area contributed by atoms with Gasteiger partial charge in [-0.15, -0.1) is 6.92 Å². The molecule has 0 saturated heterocycles. The third-order valence-corrected chi connectivity index (χ3v) is 9.62. The average molecular weight is 498 g/mol. The Kier molecular flexibility index (Phi) is 7.93. The molecule has 3 aliphatic carbocycles. The van der Waals surface area contributed by atoms with Crippen LogP contribution in [-0.4, -0.2) is 0 Å². The molecule has 3 aliphatic rings. The van der Waals surface area contributed by atoms with E-state index in [2.05, 4.69) is 79.7 Å². The molecule has 0 bridgehead atoms. The van der Waals surface area contributed by atoms with E-state index in [4.69, 9.17) is 0 Å². The fourth-order valence-corrected chi connectivity index (χ4v) is 7.06. The molecule has 0 N–H and O–H groups in total. The van der Waals surface area contributed by atoms with E-state index >= 15 is 0 Å². The second-order valence-electron chi connectivity index (χ2n) is 9.87. The molecule has 0 nitrogen and oxygen atoms in total. The number of hydrogen-bond acceptors (Lipinski definition) is 0. The van der Waals surface area contributed by atoms with Crippen LogP contribution in [0.25, 0.3) is 0 Å². The van der Waals surface area contributed by atoms with Gasteiger partial charge in [-0.1, -0.05) is 96.2 Å². The van der Waals surface area contributed by atoms with Gasteiger partial charge >= 0.3 is 26.2 Å². The Hall–Kier alpha value is 0.293. The number of halogens is 2. The molecule has 3 heteroatoms. The van der Waals surface area contributed by atoms with Gasteiger partial charge in [0.15, 0.2) is 0 Å². The number of hydrogen-bond donors (Lipinski definition) is 0. The predicted molar refractivity (Wildman–Crippen MR) is 107 cm³/mol. The summed E-state index contributed by atoms with van der Waals surface area (Å²) in [5, 5.41) is 0. The minimum absolute atomic E-state index is 0. The zero-order valence-corrected chi connectivity index (χ0v) is 22.6. The molecule has 1 aromatic rings. The quantitative estimate of drug-likeness (QED) is 0.461. The van der Waals surface area contributed by atoms with Crippen LogP contribution in [-0.2, 0) is 38.0 Å². The van der Waals surface area contributed by atoms with E-state index in [1.54, 1.807) is 28.2 Å². The van der Waals surface area contributed by atoms with Crippen LogP contribution in [0.4, 0.5) is 0 Å². The van der Waals surface area contributed by atoms with E-state index in [0.29, 0.717) is 23.2 Å². The van der Waals surface area contributed by atoms with Crippen molar-refractivity contribution in [1.29, 1.82) is 0 Å². The van der Waals surface area contributed by atoms with E-state index in [0.717, 1.165) is 11.8 Å². The molecule has 7 atom stereocenters. The summed E-state index contributed by atoms with van der Waals surface area (Å²) in [5.41, 5.74) is 7.21. The zero-order chi connectivity index (χ0) is 18.3. The molecule has 0 aromatic heterocycles. The van der Waals surface area contributed by atoms with Crippen LogP contribution in [0.3, 0.4) is 0 Å². The van der Waals surface area contributed by atoms with Crippen molar-refractivity contribution < 1.29 is 51.0 Å². The van der Waals surface area contributed by atoms with Crippen molar-refractivity contribution in [2.75, 3.05) is 0 Å². The van der Waals surface area contributed by atoms with Crippen molar-refractivity contribution in [3.8, 4) is 0 Å². The molecule has 4 rings (SSSR count). The molecule has 1 saturated carbocycles. The summed E-state index contributed by atoms with van der Waals surface area (Å²) >= 11 is 0. The summed E-state index contributed by atoms with van der Waals surface area (Å²) in [7, 11) is 0. The van der Waals surface area contributed by atoms with Gasteiger partial charge in [-0.3, -0.25) is 0 Å². The van der Waals surface area contributed by atoms with Gasteiger partial charge in [0.25, 0.3) is 0 Å². The maximum absolute atomic E-state index is 2.59. The van der Waals surface area contributed by atoms with E-state index in [1.165, 1.54) is 6.42 Å². The van der Waals surface area contributed by atoms with Crippen molar-refractivity contribution in [3.05, 3.63) is 52.5 Å². The average Bonchev–Trinajstić information content (AvgIpc) is 2.91. The molecule has 28 heavy (non-hydrogen) atoms. The van der Waals surface area contributed by atoms with E-state index in [9.17, 15) is 0 Å². The van der Waals surface area contributed by atoms with E-state index in [-0.39, 0.29) is 56.4 Å². The van der Waals surface area contributed by atoms with Crippen LogP contribution >= 0.6 is 0 Å². The van der Waals surface area contributed by atoms with Gasteiger partial charge in [-0.2, -0.15) is 5.57 Å². The molecule has 0 amide bonds. The second-order valence-corrected chi connectivity index (χ2v) is 9.87. The van der Waals surface area contributed by atoms with Gasteiger partial charge < -0.3 is 24.8 Å². The summed E-state index contributed by atoms with van der Waals surface area (Å²) in [6.07, 6.45) is 1.17. The molecule has 153 valence electrons. The smallest absolute Gasteiger partial charge is 1.00 e. The Balaban J connectivity index is 0.00000131. The van der Waals surface area contributed by atoms with Crippen molar-refractivity contribution >= 4 is 0 Å². The molecule has 0 aliphatic heterocycles. The third kappa shape index (κ3) is 2.97. The minimum Gasteiger partial charge on any atom is -1.00 e. The monoisotopic (exact) mass is 495 g/mol. The van der Waals surface area contributed by atoms with Crippen LogP contribution in [0.1, 0.15) is 66.5 Å². The maximum Gasteiger partial charge on any atom is 3.00 e. The van der Waals surface area contributed by atoms with Gasteiger partial charge in [0.1, 0.15) is 0 Å². The van der Waals surface area contributed by atoms with Gasteiger partial charge in [-0.05, 0) is 34.5 Å². The molecule has 1 aromatic carbocycles. The Morgan fingerprint density at radius 2 is 1.46 bits per heavy atom. The summed E-state index contributed by atoms with van der Waals surface area (Å²) in [4.78, 5) is 0. The first-order valence-electron chi connectivity index (χ1n) is 10.3. The van der Waals surface area contributed by atoms with Crippen molar-refractivity contribution in [3.63, 3.8) is 0 Å². The van der Waals surface area contributed by atoms with Crippen LogP contribution in [0.15, 0.2) is 35.4 Å². The summed E-state index contributed by atoms with van der Waals surface area (Å²) in [6.45, 7) is 20.1. The van der Waals surface area contributed by atoms with Crippen molar-refractivity contribution in [1.82, 2.24) is 0 Å². The fraction of sp³-hybridized carbons (Fsp3) is 0.640. The SMILES string of the molecule is C[C-]1C2=C3Cc4ccccc4C3(C)C(C)C(C)C2(C)C(C)C(C)C1C.[Cl-].[Cl-].[Zr+3]. The molecule has 0 heterocycles. The number of allylic oxidation sites excluding steroid dienone is 2. The first-order valence-corrected chi connectivity index (χ1v) is 10.3. The summed E-state index contributed by atoms with van der Waals surface area (Å²) in [6, 6.07) is 9.24. The van der Waals surface area contributed by atoms with Crippen molar-refractivity contribution in [2.24, 2.45) is 35.0 Å². The number of fused-ring (bicyclic) bond motifs is 4. The predicted octanol–water partition coefficient (Wildman–Crippen LogP) is 0.611. The Bertz CT molecular complexity index is 757. The number of rotatable bonds is 0. The molecule has 7 unspecified atom stereocenters. The molecule has 0 spiro atoms. The topological polar surface area (TPSA) is 0 Å². The van der Waals surface area contributed by atoms with Gasteiger partial charge in [-0.25, -0.2) is 11.5 Å². The number of benzene rings is 1. The summed E-state index contributed by atoms with van der Waals surface area (Å²) in [5.74, 6) is 5.25. The molecule has 1 fully saturated rings. The maximum atomic E-state index is 2.59. The Morgan fingerprint density at radius 1 is 0.893 bits per heavy atom. The molecular formula is C25H35Cl2Zr. The van der Waals surface area contributed by atoms with Crippen LogP contribution < -0.4 is 24.8 Å². The van der Waals surface area contributed by atoms with Gasteiger partial charge in [0.05, 0.1) is 0 Å². The van der Waals surface area contributed by atoms with E-state index < -0.39 is 0 Å². The second kappa shape index (κ2) is 8.44. The zero-order valence-electron chi connectivity index (χ0n) is 18.7. The first kappa shape index (κ1) is 26.3. The van der Waals surface area contributed by atoms with Crippen LogP contribution in [0.2, 0.25) is 0 Å². The Morgan fingerprint density at radius 3 is 2.07 bits per heavy atom. The third-order valence-electron chi connectivity index (χ3n) is 9.62. The first-order chi connectivity index (χ1) is 11.7. The largest absolute Gasteiger partial charge is 3.00 e. The normalized spacial score (nSPS) is 41.0. The molecule has 1 radical (unpaired) electrons.